The Morgan fingerprint density at radius 3 is 1.18 bits per heavy atom. The lowest BCUT2D eigenvalue weighted by Gasteiger charge is -2.28. The first-order valence-electron chi connectivity index (χ1n) is 18.5. The van der Waals surface area contributed by atoms with Gasteiger partial charge >= 0.3 is 0 Å². The standard InChI is InChI=1S/C38H72N2O4/c1-5-9-13-15-17-19-21-23-27-37(41)39(29-25-35-43-33-11-7-3)31-32-40(30-26-36-44-34-12-8-4)38(42)28-24-22-20-18-16-14-10-6-2/h5-6H,1-2,7-36H2,3-4H3. The maximum atomic E-state index is 13.3. The molecule has 6 nitrogen and oxygen atoms in total. The minimum Gasteiger partial charge on any atom is -0.381 e. The van der Waals surface area contributed by atoms with Gasteiger partial charge in [0.05, 0.1) is 0 Å². The normalized spacial score (nSPS) is 11.0. The summed E-state index contributed by atoms with van der Waals surface area (Å²) in [6.45, 7) is 17.5. The number of ether oxygens (including phenoxy) is 2. The number of hydrogen-bond acceptors (Lipinski definition) is 4. The summed E-state index contributed by atoms with van der Waals surface area (Å²) in [6.07, 6.45) is 27.3. The molecule has 44 heavy (non-hydrogen) atoms. The summed E-state index contributed by atoms with van der Waals surface area (Å²) in [4.78, 5) is 30.6. The molecule has 0 heterocycles. The minimum atomic E-state index is 0.219. The van der Waals surface area contributed by atoms with Crippen molar-refractivity contribution >= 4 is 11.8 Å². The highest BCUT2D eigenvalue weighted by atomic mass is 16.5. The smallest absolute Gasteiger partial charge is 0.222 e. The lowest BCUT2D eigenvalue weighted by molar-refractivity contribution is -0.135. The van der Waals surface area contributed by atoms with E-state index >= 15 is 0 Å². The van der Waals surface area contributed by atoms with Crippen LogP contribution in [0.1, 0.15) is 155 Å². The zero-order chi connectivity index (χ0) is 32.4. The Bertz CT molecular complexity index is 613. The maximum Gasteiger partial charge on any atom is 0.222 e. The molecule has 0 radical (unpaired) electrons. The highest BCUT2D eigenvalue weighted by molar-refractivity contribution is 5.77. The molecule has 0 saturated heterocycles. The zero-order valence-corrected chi connectivity index (χ0v) is 29.3. The molecule has 0 aromatic carbocycles. The first-order chi connectivity index (χ1) is 21.6. The molecule has 0 N–H and O–H groups in total. The highest BCUT2D eigenvalue weighted by Gasteiger charge is 2.18. The molecule has 0 bridgehead atoms. The first-order valence-corrected chi connectivity index (χ1v) is 18.5. The lowest BCUT2D eigenvalue weighted by Crippen LogP contribution is -2.42. The Kier molecular flexibility index (Phi) is 32.9. The van der Waals surface area contributed by atoms with Crippen molar-refractivity contribution in [2.45, 2.75) is 155 Å². The summed E-state index contributed by atoms with van der Waals surface area (Å²) in [7, 11) is 0. The van der Waals surface area contributed by atoms with Crippen LogP contribution in [0.25, 0.3) is 0 Å². The van der Waals surface area contributed by atoms with Crippen LogP contribution in [0.3, 0.4) is 0 Å². The first kappa shape index (κ1) is 42.3. The van der Waals surface area contributed by atoms with Crippen LogP contribution >= 0.6 is 0 Å². The largest absolute Gasteiger partial charge is 0.381 e. The Hall–Kier alpha value is -1.66. The summed E-state index contributed by atoms with van der Waals surface area (Å²) in [5.41, 5.74) is 0. The fourth-order valence-electron chi connectivity index (χ4n) is 5.24. The van der Waals surface area contributed by atoms with Crippen molar-refractivity contribution in [3.05, 3.63) is 25.3 Å². The predicted molar refractivity (Wildman–Crippen MR) is 188 cm³/mol. The molecular formula is C38H72N2O4. The van der Waals surface area contributed by atoms with Crippen LogP contribution in [0.15, 0.2) is 25.3 Å². The molecule has 0 fully saturated rings. The summed E-state index contributed by atoms with van der Waals surface area (Å²) < 4.78 is 11.6. The van der Waals surface area contributed by atoms with Crippen molar-refractivity contribution in [1.29, 1.82) is 0 Å². The molecule has 0 spiro atoms. The average Bonchev–Trinajstić information content (AvgIpc) is 3.03. The van der Waals surface area contributed by atoms with E-state index in [-0.39, 0.29) is 11.8 Å². The Labute approximate surface area is 273 Å². The van der Waals surface area contributed by atoms with Crippen LogP contribution in [0.2, 0.25) is 0 Å². The van der Waals surface area contributed by atoms with E-state index in [1.54, 1.807) is 0 Å². The third-order valence-electron chi connectivity index (χ3n) is 8.16. The molecular weight excluding hydrogens is 548 g/mol. The number of carbonyl (C=O) groups is 2. The quantitative estimate of drug-likeness (QED) is 0.0523. The Balaban J connectivity index is 4.90. The van der Waals surface area contributed by atoms with Crippen molar-refractivity contribution in [2.24, 2.45) is 0 Å². The maximum absolute atomic E-state index is 13.3. The van der Waals surface area contributed by atoms with Gasteiger partial charge < -0.3 is 19.3 Å². The topological polar surface area (TPSA) is 59.1 Å². The highest BCUT2D eigenvalue weighted by Crippen LogP contribution is 2.13. The zero-order valence-electron chi connectivity index (χ0n) is 29.3. The number of hydrogen-bond donors (Lipinski definition) is 0. The van der Waals surface area contributed by atoms with Crippen molar-refractivity contribution in [2.75, 3.05) is 52.6 Å². The van der Waals surface area contributed by atoms with E-state index in [4.69, 9.17) is 9.47 Å². The van der Waals surface area contributed by atoms with Crippen LogP contribution < -0.4 is 0 Å². The Morgan fingerprint density at radius 2 is 0.818 bits per heavy atom. The van der Waals surface area contributed by atoms with E-state index in [2.05, 4.69) is 27.0 Å². The molecule has 0 aromatic rings. The fourth-order valence-corrected chi connectivity index (χ4v) is 5.24. The van der Waals surface area contributed by atoms with E-state index in [0.717, 1.165) is 90.3 Å². The molecule has 258 valence electrons. The van der Waals surface area contributed by atoms with Crippen LogP contribution in [-0.4, -0.2) is 74.2 Å². The Morgan fingerprint density at radius 1 is 0.477 bits per heavy atom. The van der Waals surface area contributed by atoms with Gasteiger partial charge in [0, 0.05) is 65.4 Å². The molecule has 6 heteroatoms. The average molecular weight is 621 g/mol. The lowest BCUT2D eigenvalue weighted by atomic mass is 10.1. The summed E-state index contributed by atoms with van der Waals surface area (Å²) in [5.74, 6) is 0.439. The second-order valence-electron chi connectivity index (χ2n) is 12.3. The van der Waals surface area contributed by atoms with E-state index < -0.39 is 0 Å². The summed E-state index contributed by atoms with van der Waals surface area (Å²) >= 11 is 0. The van der Waals surface area contributed by atoms with Crippen LogP contribution in [0.4, 0.5) is 0 Å². The third-order valence-corrected chi connectivity index (χ3v) is 8.16. The van der Waals surface area contributed by atoms with Crippen LogP contribution in [0.5, 0.6) is 0 Å². The van der Waals surface area contributed by atoms with Gasteiger partial charge in [-0.2, -0.15) is 0 Å². The van der Waals surface area contributed by atoms with E-state index in [0.29, 0.717) is 52.2 Å². The molecule has 0 aliphatic carbocycles. The molecule has 0 atom stereocenters. The van der Waals surface area contributed by atoms with Gasteiger partial charge in [-0.25, -0.2) is 0 Å². The SMILES string of the molecule is C=CCCCCCCCCC(=O)N(CCCOCCCC)CCN(CCCOCCCC)C(=O)CCCCCCCCC=C. The van der Waals surface area contributed by atoms with E-state index in [9.17, 15) is 9.59 Å². The molecule has 0 saturated carbocycles. The van der Waals surface area contributed by atoms with Gasteiger partial charge in [0.2, 0.25) is 11.8 Å². The van der Waals surface area contributed by atoms with Gasteiger partial charge in [0.25, 0.3) is 0 Å². The van der Waals surface area contributed by atoms with Crippen molar-refractivity contribution in [3.8, 4) is 0 Å². The number of carbonyl (C=O) groups excluding carboxylic acids is 2. The number of amides is 2. The van der Waals surface area contributed by atoms with E-state index in [1.807, 2.05) is 22.0 Å². The van der Waals surface area contributed by atoms with Gasteiger partial charge in [-0.05, 0) is 64.2 Å². The summed E-state index contributed by atoms with van der Waals surface area (Å²) in [6, 6.07) is 0. The molecule has 0 aliphatic rings. The second kappa shape index (κ2) is 34.2. The number of unbranched alkanes of at least 4 members (excludes halogenated alkanes) is 14. The number of allylic oxidation sites excluding steroid dienone is 2. The fraction of sp³-hybridized carbons (Fsp3) is 0.842. The van der Waals surface area contributed by atoms with Crippen LogP contribution in [-0.2, 0) is 19.1 Å². The minimum absolute atomic E-state index is 0.219. The van der Waals surface area contributed by atoms with Gasteiger partial charge in [-0.3, -0.25) is 9.59 Å². The second-order valence-corrected chi connectivity index (χ2v) is 12.3. The molecule has 0 rings (SSSR count). The number of nitrogens with zero attached hydrogens (tertiary/aromatic N) is 2. The van der Waals surface area contributed by atoms with E-state index in [1.165, 1.54) is 51.4 Å². The molecule has 0 aliphatic heterocycles. The summed E-state index contributed by atoms with van der Waals surface area (Å²) in [5, 5.41) is 0. The van der Waals surface area contributed by atoms with Gasteiger partial charge in [-0.1, -0.05) is 90.2 Å². The molecule has 2 amide bonds. The van der Waals surface area contributed by atoms with Gasteiger partial charge in [0.15, 0.2) is 0 Å². The van der Waals surface area contributed by atoms with Gasteiger partial charge in [-0.15, -0.1) is 13.2 Å². The van der Waals surface area contributed by atoms with Crippen LogP contribution in [0, 0.1) is 0 Å². The monoisotopic (exact) mass is 621 g/mol. The van der Waals surface area contributed by atoms with Crippen molar-refractivity contribution < 1.29 is 19.1 Å². The van der Waals surface area contributed by atoms with Gasteiger partial charge in [0.1, 0.15) is 0 Å². The third kappa shape index (κ3) is 27.9. The van der Waals surface area contributed by atoms with Crippen molar-refractivity contribution in [1.82, 2.24) is 9.80 Å². The molecule has 0 unspecified atom stereocenters. The molecule has 0 aromatic heterocycles. The van der Waals surface area contributed by atoms with Crippen molar-refractivity contribution in [3.63, 3.8) is 0 Å². The number of rotatable bonds is 35. The predicted octanol–water partition coefficient (Wildman–Crippen LogP) is 9.67.